The number of nitrogens with zero attached hydrogens (tertiary/aromatic N) is 2. The van der Waals surface area contributed by atoms with Crippen molar-refractivity contribution < 1.29 is 17.6 Å². The molecule has 1 fully saturated rings. The Morgan fingerprint density at radius 3 is 2.70 bits per heavy atom. The summed E-state index contributed by atoms with van der Waals surface area (Å²) in [6.07, 6.45) is 3.17. The van der Waals surface area contributed by atoms with E-state index < -0.39 is 15.8 Å². The van der Waals surface area contributed by atoms with Crippen LogP contribution in [0.2, 0.25) is 0 Å². The molecule has 0 aliphatic carbocycles. The number of thiophene rings is 1. The molecular formula is C20H20FN3O3S3. The molecule has 30 heavy (non-hydrogen) atoms. The van der Waals surface area contributed by atoms with Crippen LogP contribution in [0.4, 0.5) is 10.1 Å². The molecule has 1 N–H and O–H groups in total. The van der Waals surface area contributed by atoms with Crippen molar-refractivity contribution in [3.8, 4) is 10.6 Å². The third-order valence-corrected chi connectivity index (χ3v) is 8.81. The zero-order chi connectivity index (χ0) is 21.3. The number of halogens is 1. The molecule has 0 spiro atoms. The lowest BCUT2D eigenvalue weighted by molar-refractivity contribution is 0.0728. The van der Waals surface area contributed by atoms with Gasteiger partial charge in [0.25, 0.3) is 15.9 Å². The minimum atomic E-state index is -3.85. The molecule has 1 aliphatic heterocycles. The number of rotatable bonds is 5. The van der Waals surface area contributed by atoms with Gasteiger partial charge in [0.1, 0.15) is 19.9 Å². The molecule has 1 aromatic carbocycles. The fourth-order valence-corrected chi connectivity index (χ4v) is 6.60. The summed E-state index contributed by atoms with van der Waals surface area (Å²) in [5.74, 6) is -0.530. The third-order valence-electron chi connectivity index (χ3n) is 4.80. The molecule has 1 amide bonds. The number of anilines is 1. The average molecular weight is 466 g/mol. The second-order valence-corrected chi connectivity index (χ2v) is 10.9. The van der Waals surface area contributed by atoms with E-state index in [0.717, 1.165) is 49.8 Å². The highest BCUT2D eigenvalue weighted by Crippen LogP contribution is 2.34. The van der Waals surface area contributed by atoms with Gasteiger partial charge in [-0.25, -0.2) is 17.8 Å². The maximum Gasteiger partial charge on any atom is 0.271 e. The Bertz CT molecular complexity index is 1180. The Hall–Kier alpha value is -2.30. The van der Waals surface area contributed by atoms with E-state index in [4.69, 9.17) is 0 Å². The van der Waals surface area contributed by atoms with Crippen molar-refractivity contribution in [2.24, 2.45) is 0 Å². The van der Waals surface area contributed by atoms with E-state index in [2.05, 4.69) is 9.71 Å². The third kappa shape index (κ3) is 4.40. The van der Waals surface area contributed by atoms with E-state index >= 15 is 0 Å². The monoisotopic (exact) mass is 465 g/mol. The number of piperidine rings is 1. The smallest absolute Gasteiger partial charge is 0.271 e. The molecule has 1 aliphatic rings. The number of likely N-dealkylation sites (tertiary alicyclic amines) is 1. The van der Waals surface area contributed by atoms with Gasteiger partial charge in [0, 0.05) is 24.0 Å². The van der Waals surface area contributed by atoms with Crippen molar-refractivity contribution in [2.45, 2.75) is 30.4 Å². The highest BCUT2D eigenvalue weighted by molar-refractivity contribution is 7.94. The first-order valence-corrected chi connectivity index (χ1v) is 12.7. The summed E-state index contributed by atoms with van der Waals surface area (Å²) in [7, 11) is -3.85. The van der Waals surface area contributed by atoms with Gasteiger partial charge in [-0.3, -0.25) is 9.52 Å². The zero-order valence-electron chi connectivity index (χ0n) is 16.2. The molecule has 0 unspecified atom stereocenters. The maximum atomic E-state index is 13.3. The summed E-state index contributed by atoms with van der Waals surface area (Å²) >= 11 is 2.34. The molecule has 0 atom stereocenters. The van der Waals surface area contributed by atoms with Crippen molar-refractivity contribution in [3.05, 3.63) is 52.1 Å². The van der Waals surface area contributed by atoms with Crippen LogP contribution in [0.3, 0.4) is 0 Å². The van der Waals surface area contributed by atoms with E-state index in [1.807, 2.05) is 4.90 Å². The number of hydrogen-bond donors (Lipinski definition) is 1. The number of nitrogens with one attached hydrogen (secondary N) is 1. The molecule has 0 bridgehead atoms. The SMILES string of the molecule is Cc1nc(-c2csc(S(=O)(=O)Nc3cccc(F)c3)c2)sc1C(=O)N1CCCCC1. The highest BCUT2D eigenvalue weighted by atomic mass is 32.2. The predicted molar refractivity (Wildman–Crippen MR) is 117 cm³/mol. The van der Waals surface area contributed by atoms with Gasteiger partial charge in [-0.2, -0.15) is 0 Å². The highest BCUT2D eigenvalue weighted by Gasteiger charge is 2.24. The van der Waals surface area contributed by atoms with Gasteiger partial charge < -0.3 is 4.90 Å². The van der Waals surface area contributed by atoms with Crippen molar-refractivity contribution in [1.29, 1.82) is 0 Å². The van der Waals surface area contributed by atoms with Gasteiger partial charge in [-0.15, -0.1) is 22.7 Å². The first kappa shape index (κ1) is 21.0. The van der Waals surface area contributed by atoms with Gasteiger partial charge in [-0.1, -0.05) is 6.07 Å². The summed E-state index contributed by atoms with van der Waals surface area (Å²) in [5, 5.41) is 2.31. The van der Waals surface area contributed by atoms with Crippen LogP contribution in [0.15, 0.2) is 39.9 Å². The number of sulfonamides is 1. The zero-order valence-corrected chi connectivity index (χ0v) is 18.7. The maximum absolute atomic E-state index is 13.3. The van der Waals surface area contributed by atoms with Crippen LogP contribution in [0.1, 0.15) is 34.6 Å². The Labute approximate surface area is 182 Å². The molecule has 0 saturated carbocycles. The number of carbonyl (C=O) groups excluding carboxylic acids is 1. The van der Waals surface area contributed by atoms with Crippen LogP contribution < -0.4 is 4.72 Å². The Kier molecular flexibility index (Phi) is 5.90. The lowest BCUT2D eigenvalue weighted by atomic mass is 10.1. The van der Waals surface area contributed by atoms with E-state index in [1.165, 1.54) is 35.6 Å². The van der Waals surface area contributed by atoms with Crippen LogP contribution in [0.5, 0.6) is 0 Å². The number of thiazole rings is 1. The standard InChI is InChI=1S/C20H20FN3O3S3/c1-13-18(20(25)24-8-3-2-4-9-24)29-19(22-13)14-10-17(28-12-14)30(26,27)23-16-7-5-6-15(21)11-16/h5-7,10-12,23H,2-4,8-9H2,1H3. The molecule has 10 heteroatoms. The van der Waals surface area contributed by atoms with Gasteiger partial charge in [0.05, 0.1) is 11.4 Å². The molecule has 3 aromatic rings. The van der Waals surface area contributed by atoms with Crippen LogP contribution in [0, 0.1) is 12.7 Å². The second kappa shape index (κ2) is 8.44. The Morgan fingerprint density at radius 1 is 1.20 bits per heavy atom. The Morgan fingerprint density at radius 2 is 1.97 bits per heavy atom. The quantitative estimate of drug-likeness (QED) is 0.590. The largest absolute Gasteiger partial charge is 0.338 e. The lowest BCUT2D eigenvalue weighted by Gasteiger charge is -2.26. The molecule has 3 heterocycles. The minimum Gasteiger partial charge on any atom is -0.338 e. The topological polar surface area (TPSA) is 79.4 Å². The van der Waals surface area contributed by atoms with Crippen LogP contribution in [-0.4, -0.2) is 37.3 Å². The summed E-state index contributed by atoms with van der Waals surface area (Å²) in [5.41, 5.74) is 1.45. The van der Waals surface area contributed by atoms with Crippen LogP contribution >= 0.6 is 22.7 Å². The number of benzene rings is 1. The van der Waals surface area contributed by atoms with Crippen molar-refractivity contribution in [1.82, 2.24) is 9.88 Å². The summed E-state index contributed by atoms with van der Waals surface area (Å²) < 4.78 is 41.1. The average Bonchev–Trinajstić information content (AvgIpc) is 3.35. The number of carbonyl (C=O) groups is 1. The summed E-state index contributed by atoms with van der Waals surface area (Å²) in [6.45, 7) is 3.32. The van der Waals surface area contributed by atoms with Crippen molar-refractivity contribution in [2.75, 3.05) is 17.8 Å². The normalized spacial score (nSPS) is 14.7. The summed E-state index contributed by atoms with van der Waals surface area (Å²) in [6, 6.07) is 6.81. The lowest BCUT2D eigenvalue weighted by Crippen LogP contribution is -2.35. The van der Waals surface area contributed by atoms with Gasteiger partial charge in [-0.05, 0) is 50.5 Å². The molecule has 1 saturated heterocycles. The Balaban J connectivity index is 1.56. The molecule has 0 radical (unpaired) electrons. The van der Waals surface area contributed by atoms with Gasteiger partial charge in [0.2, 0.25) is 0 Å². The van der Waals surface area contributed by atoms with Crippen molar-refractivity contribution in [3.63, 3.8) is 0 Å². The van der Waals surface area contributed by atoms with Gasteiger partial charge >= 0.3 is 0 Å². The molecule has 158 valence electrons. The van der Waals surface area contributed by atoms with Crippen LogP contribution in [-0.2, 0) is 10.0 Å². The van der Waals surface area contributed by atoms with E-state index in [0.29, 0.717) is 21.1 Å². The van der Waals surface area contributed by atoms with E-state index in [1.54, 1.807) is 12.3 Å². The molecule has 6 nitrogen and oxygen atoms in total. The minimum absolute atomic E-state index is 0.00760. The first-order chi connectivity index (χ1) is 14.3. The molecule has 2 aromatic heterocycles. The fraction of sp³-hybridized carbons (Fsp3) is 0.300. The van der Waals surface area contributed by atoms with E-state index in [9.17, 15) is 17.6 Å². The summed E-state index contributed by atoms with van der Waals surface area (Å²) in [4.78, 5) is 19.8. The first-order valence-electron chi connectivity index (χ1n) is 9.47. The van der Waals surface area contributed by atoms with Crippen molar-refractivity contribution >= 4 is 44.3 Å². The van der Waals surface area contributed by atoms with Gasteiger partial charge in [0.15, 0.2) is 0 Å². The molecule has 4 rings (SSSR count). The van der Waals surface area contributed by atoms with Crippen LogP contribution in [0.25, 0.3) is 10.6 Å². The number of aryl methyl sites for hydroxylation is 1. The number of aromatic nitrogens is 1. The molecular weight excluding hydrogens is 445 g/mol. The second-order valence-electron chi connectivity index (χ2n) is 7.06. The van der Waals surface area contributed by atoms with E-state index in [-0.39, 0.29) is 15.8 Å². The number of amides is 1. The predicted octanol–water partition coefficient (Wildman–Crippen LogP) is 4.75. The fourth-order valence-electron chi connectivity index (χ4n) is 3.29. The number of hydrogen-bond acceptors (Lipinski definition) is 6.